The number of piperidine rings is 1. The fourth-order valence-corrected chi connectivity index (χ4v) is 2.98. The Morgan fingerprint density at radius 1 is 1.10 bits per heavy atom. The number of rotatable bonds is 5. The smallest absolute Gasteiger partial charge is 0.0940 e. The topological polar surface area (TPSA) is 35.5 Å². The lowest BCUT2D eigenvalue weighted by molar-refractivity contribution is 0.109. The molecular formula is C17H28N2O. The van der Waals surface area contributed by atoms with Gasteiger partial charge in [-0.3, -0.25) is 0 Å². The summed E-state index contributed by atoms with van der Waals surface area (Å²) in [5.74, 6) is 0. The monoisotopic (exact) mass is 276 g/mol. The molecule has 2 atom stereocenters. The second-order valence-electron chi connectivity index (χ2n) is 6.21. The van der Waals surface area contributed by atoms with Gasteiger partial charge in [-0.15, -0.1) is 0 Å². The van der Waals surface area contributed by atoms with Gasteiger partial charge in [0.25, 0.3) is 0 Å². The SMILES string of the molecule is CC(NC1CCN(C(C)C)CC1)C(O)c1ccccc1. The van der Waals surface area contributed by atoms with Gasteiger partial charge in [-0.2, -0.15) is 0 Å². The molecule has 3 nitrogen and oxygen atoms in total. The van der Waals surface area contributed by atoms with Crippen molar-refractivity contribution in [3.8, 4) is 0 Å². The van der Waals surface area contributed by atoms with Gasteiger partial charge >= 0.3 is 0 Å². The van der Waals surface area contributed by atoms with Crippen molar-refractivity contribution in [2.45, 2.75) is 57.8 Å². The summed E-state index contributed by atoms with van der Waals surface area (Å²) in [5, 5.41) is 14.0. The summed E-state index contributed by atoms with van der Waals surface area (Å²) in [4.78, 5) is 2.52. The maximum Gasteiger partial charge on any atom is 0.0940 e. The number of nitrogens with zero attached hydrogens (tertiary/aromatic N) is 1. The predicted molar refractivity (Wildman–Crippen MR) is 83.7 cm³/mol. The molecule has 1 aliphatic rings. The van der Waals surface area contributed by atoms with Gasteiger partial charge in [0.2, 0.25) is 0 Å². The molecule has 1 fully saturated rings. The summed E-state index contributed by atoms with van der Waals surface area (Å²) in [6, 6.07) is 11.2. The maximum absolute atomic E-state index is 10.4. The first-order valence-electron chi connectivity index (χ1n) is 7.81. The molecular weight excluding hydrogens is 248 g/mol. The van der Waals surface area contributed by atoms with Crippen LogP contribution in [0.1, 0.15) is 45.3 Å². The van der Waals surface area contributed by atoms with E-state index in [9.17, 15) is 5.11 Å². The number of nitrogens with one attached hydrogen (secondary N) is 1. The minimum Gasteiger partial charge on any atom is -0.387 e. The van der Waals surface area contributed by atoms with Crippen LogP contribution >= 0.6 is 0 Å². The van der Waals surface area contributed by atoms with E-state index in [0.717, 1.165) is 18.7 Å². The van der Waals surface area contributed by atoms with Crippen molar-refractivity contribution in [3.63, 3.8) is 0 Å². The van der Waals surface area contributed by atoms with E-state index >= 15 is 0 Å². The van der Waals surface area contributed by atoms with E-state index in [1.165, 1.54) is 12.8 Å². The van der Waals surface area contributed by atoms with E-state index in [1.807, 2.05) is 30.3 Å². The van der Waals surface area contributed by atoms with Gasteiger partial charge in [0.15, 0.2) is 0 Å². The molecule has 0 saturated carbocycles. The third-order valence-corrected chi connectivity index (χ3v) is 4.37. The highest BCUT2D eigenvalue weighted by Crippen LogP contribution is 2.19. The molecule has 0 amide bonds. The fourth-order valence-electron chi connectivity index (χ4n) is 2.98. The van der Waals surface area contributed by atoms with E-state index in [-0.39, 0.29) is 6.04 Å². The Bertz CT molecular complexity index is 385. The summed E-state index contributed by atoms with van der Waals surface area (Å²) in [6.07, 6.45) is 1.91. The molecule has 1 aromatic rings. The Kier molecular flexibility index (Phi) is 5.58. The molecule has 20 heavy (non-hydrogen) atoms. The average Bonchev–Trinajstić information content (AvgIpc) is 2.48. The van der Waals surface area contributed by atoms with E-state index in [2.05, 4.69) is 31.0 Å². The summed E-state index contributed by atoms with van der Waals surface area (Å²) < 4.78 is 0. The molecule has 0 spiro atoms. The standard InChI is InChI=1S/C17H28N2O/c1-13(2)19-11-9-16(10-12-19)18-14(3)17(20)15-7-5-4-6-8-15/h4-8,13-14,16-18,20H,9-12H2,1-3H3. The van der Waals surface area contributed by atoms with Gasteiger partial charge in [-0.05, 0) is 52.3 Å². The number of benzene rings is 1. The molecule has 1 saturated heterocycles. The number of aliphatic hydroxyl groups excluding tert-OH is 1. The van der Waals surface area contributed by atoms with Gasteiger partial charge < -0.3 is 15.3 Å². The second-order valence-corrected chi connectivity index (χ2v) is 6.21. The first-order valence-corrected chi connectivity index (χ1v) is 7.81. The molecule has 1 aromatic carbocycles. The van der Waals surface area contributed by atoms with Crippen LogP contribution in [0.15, 0.2) is 30.3 Å². The molecule has 0 radical (unpaired) electrons. The predicted octanol–water partition coefficient (Wildman–Crippen LogP) is 2.57. The molecule has 3 heteroatoms. The number of aliphatic hydroxyl groups is 1. The van der Waals surface area contributed by atoms with Crippen LogP contribution in [0.2, 0.25) is 0 Å². The molecule has 2 rings (SSSR count). The van der Waals surface area contributed by atoms with Crippen LogP contribution in [0.25, 0.3) is 0 Å². The molecule has 112 valence electrons. The van der Waals surface area contributed by atoms with Crippen LogP contribution in [0.5, 0.6) is 0 Å². The molecule has 0 aromatic heterocycles. The van der Waals surface area contributed by atoms with E-state index in [4.69, 9.17) is 0 Å². The first-order chi connectivity index (χ1) is 9.58. The lowest BCUT2D eigenvalue weighted by atomic mass is 9.99. The number of hydrogen-bond acceptors (Lipinski definition) is 3. The van der Waals surface area contributed by atoms with Gasteiger partial charge in [-0.25, -0.2) is 0 Å². The summed E-state index contributed by atoms with van der Waals surface area (Å²) in [6.45, 7) is 8.91. The first kappa shape index (κ1) is 15.5. The Balaban J connectivity index is 1.82. The number of likely N-dealkylation sites (tertiary alicyclic amines) is 1. The summed E-state index contributed by atoms with van der Waals surface area (Å²) in [5.41, 5.74) is 0.993. The lowest BCUT2D eigenvalue weighted by Gasteiger charge is -2.36. The van der Waals surface area contributed by atoms with E-state index in [1.54, 1.807) is 0 Å². The Morgan fingerprint density at radius 2 is 1.70 bits per heavy atom. The maximum atomic E-state index is 10.4. The van der Waals surface area contributed by atoms with Crippen LogP contribution in [-0.4, -0.2) is 41.2 Å². The van der Waals surface area contributed by atoms with Crippen molar-refractivity contribution < 1.29 is 5.11 Å². The van der Waals surface area contributed by atoms with Crippen LogP contribution in [0.3, 0.4) is 0 Å². The quantitative estimate of drug-likeness (QED) is 0.867. The Labute approximate surface area is 123 Å². The Morgan fingerprint density at radius 3 is 2.25 bits per heavy atom. The highest BCUT2D eigenvalue weighted by Gasteiger charge is 2.24. The van der Waals surface area contributed by atoms with Crippen molar-refractivity contribution in [1.29, 1.82) is 0 Å². The van der Waals surface area contributed by atoms with Crippen molar-refractivity contribution >= 4 is 0 Å². The third-order valence-electron chi connectivity index (χ3n) is 4.37. The van der Waals surface area contributed by atoms with Crippen LogP contribution in [0, 0.1) is 0 Å². The average molecular weight is 276 g/mol. The van der Waals surface area contributed by atoms with Crippen molar-refractivity contribution in [1.82, 2.24) is 10.2 Å². The lowest BCUT2D eigenvalue weighted by Crippen LogP contribution is -2.48. The highest BCUT2D eigenvalue weighted by atomic mass is 16.3. The minimum absolute atomic E-state index is 0.0907. The van der Waals surface area contributed by atoms with Gasteiger partial charge in [0.05, 0.1) is 6.10 Å². The Hall–Kier alpha value is -0.900. The zero-order chi connectivity index (χ0) is 14.5. The zero-order valence-corrected chi connectivity index (χ0v) is 12.9. The van der Waals surface area contributed by atoms with Crippen LogP contribution in [-0.2, 0) is 0 Å². The van der Waals surface area contributed by atoms with Gasteiger partial charge in [0, 0.05) is 18.1 Å². The van der Waals surface area contributed by atoms with Crippen molar-refractivity contribution in [2.75, 3.05) is 13.1 Å². The van der Waals surface area contributed by atoms with E-state index in [0.29, 0.717) is 12.1 Å². The minimum atomic E-state index is -0.431. The van der Waals surface area contributed by atoms with Gasteiger partial charge in [-0.1, -0.05) is 30.3 Å². The molecule has 2 unspecified atom stereocenters. The van der Waals surface area contributed by atoms with Crippen LogP contribution < -0.4 is 5.32 Å². The third kappa shape index (κ3) is 4.05. The molecule has 0 aliphatic carbocycles. The highest BCUT2D eigenvalue weighted by molar-refractivity contribution is 5.18. The molecule has 1 heterocycles. The van der Waals surface area contributed by atoms with Crippen molar-refractivity contribution in [3.05, 3.63) is 35.9 Å². The summed E-state index contributed by atoms with van der Waals surface area (Å²) in [7, 11) is 0. The largest absolute Gasteiger partial charge is 0.387 e. The van der Waals surface area contributed by atoms with Crippen molar-refractivity contribution in [2.24, 2.45) is 0 Å². The van der Waals surface area contributed by atoms with E-state index < -0.39 is 6.10 Å². The van der Waals surface area contributed by atoms with Crippen LogP contribution in [0.4, 0.5) is 0 Å². The zero-order valence-electron chi connectivity index (χ0n) is 12.9. The summed E-state index contributed by atoms with van der Waals surface area (Å²) >= 11 is 0. The fraction of sp³-hybridized carbons (Fsp3) is 0.647. The van der Waals surface area contributed by atoms with Gasteiger partial charge in [0.1, 0.15) is 0 Å². The second kappa shape index (κ2) is 7.21. The normalized spacial score (nSPS) is 21.1. The number of hydrogen-bond donors (Lipinski definition) is 2. The molecule has 1 aliphatic heterocycles. The molecule has 2 N–H and O–H groups in total. The molecule has 0 bridgehead atoms.